The van der Waals surface area contributed by atoms with E-state index in [1.54, 1.807) is 24.1 Å². The zero-order valence-electron chi connectivity index (χ0n) is 12.7. The van der Waals surface area contributed by atoms with Gasteiger partial charge in [-0.2, -0.15) is 23.0 Å². The largest absolute Gasteiger partial charge is 0.282 e. The first-order chi connectivity index (χ1) is 9.17. The standard InChI is InChI=1S/C13H22N4O2S/c1-6-10-7-8-14-17(10)20(18,19)11-9-16(5)15-12(11)13(2,3)4/h8-10H,6-7H2,1-5H3. The highest BCUT2D eigenvalue weighted by Gasteiger charge is 2.37. The molecule has 0 aromatic carbocycles. The van der Waals surface area contributed by atoms with Gasteiger partial charge >= 0.3 is 0 Å². The van der Waals surface area contributed by atoms with E-state index >= 15 is 0 Å². The molecular weight excluding hydrogens is 276 g/mol. The molecule has 0 N–H and O–H groups in total. The number of sulfonamides is 1. The van der Waals surface area contributed by atoms with Crippen LogP contribution in [0.1, 0.15) is 46.2 Å². The van der Waals surface area contributed by atoms with Gasteiger partial charge < -0.3 is 0 Å². The normalized spacial score (nSPS) is 19.9. The van der Waals surface area contributed by atoms with Gasteiger partial charge in [0, 0.05) is 31.3 Å². The Morgan fingerprint density at radius 1 is 1.40 bits per heavy atom. The first-order valence-corrected chi connectivity index (χ1v) is 8.23. The molecule has 1 aliphatic heterocycles. The van der Waals surface area contributed by atoms with Crippen molar-refractivity contribution in [2.45, 2.75) is 56.9 Å². The lowest BCUT2D eigenvalue weighted by atomic mass is 9.92. The van der Waals surface area contributed by atoms with E-state index in [9.17, 15) is 8.42 Å². The predicted octanol–water partition coefficient (Wildman–Crippen LogP) is 1.88. The zero-order valence-corrected chi connectivity index (χ0v) is 13.5. The average molecular weight is 298 g/mol. The van der Waals surface area contributed by atoms with E-state index in [4.69, 9.17) is 0 Å². The van der Waals surface area contributed by atoms with Crippen LogP contribution in [0.3, 0.4) is 0 Å². The third-order valence-corrected chi connectivity index (χ3v) is 5.13. The van der Waals surface area contributed by atoms with Gasteiger partial charge in [0.2, 0.25) is 0 Å². The Bertz CT molecular complexity index is 625. The van der Waals surface area contributed by atoms with Gasteiger partial charge in [0.05, 0.1) is 11.7 Å². The maximum absolute atomic E-state index is 12.8. The summed E-state index contributed by atoms with van der Waals surface area (Å²) in [6.07, 6.45) is 4.64. The SMILES string of the molecule is CCC1CC=NN1S(=O)(=O)c1cn(C)nc1C(C)(C)C. The molecule has 1 atom stereocenters. The Balaban J connectivity index is 2.53. The summed E-state index contributed by atoms with van der Waals surface area (Å²) >= 11 is 0. The first kappa shape index (κ1) is 15.0. The van der Waals surface area contributed by atoms with Gasteiger partial charge in [0.1, 0.15) is 4.90 Å². The lowest BCUT2D eigenvalue weighted by molar-refractivity contribution is 0.354. The van der Waals surface area contributed by atoms with Gasteiger partial charge in [0.25, 0.3) is 10.0 Å². The van der Waals surface area contributed by atoms with E-state index in [0.717, 1.165) is 6.42 Å². The molecule has 1 aliphatic rings. The van der Waals surface area contributed by atoms with Crippen molar-refractivity contribution >= 4 is 16.2 Å². The van der Waals surface area contributed by atoms with Crippen molar-refractivity contribution in [1.82, 2.24) is 14.2 Å². The highest BCUT2D eigenvalue weighted by Crippen LogP contribution is 2.32. The van der Waals surface area contributed by atoms with Crippen molar-refractivity contribution in [2.75, 3.05) is 0 Å². The maximum Gasteiger partial charge on any atom is 0.282 e. The third kappa shape index (κ3) is 2.46. The lowest BCUT2D eigenvalue weighted by Crippen LogP contribution is -2.33. The molecule has 1 aromatic heterocycles. The van der Waals surface area contributed by atoms with Crippen molar-refractivity contribution in [2.24, 2.45) is 12.1 Å². The van der Waals surface area contributed by atoms with Crippen molar-refractivity contribution < 1.29 is 8.42 Å². The fraction of sp³-hybridized carbons (Fsp3) is 0.692. The fourth-order valence-corrected chi connectivity index (χ4v) is 4.19. The number of hydrazone groups is 1. The van der Waals surface area contributed by atoms with E-state index in [1.807, 2.05) is 27.7 Å². The summed E-state index contributed by atoms with van der Waals surface area (Å²) in [6.45, 7) is 7.84. The highest BCUT2D eigenvalue weighted by molar-refractivity contribution is 7.89. The summed E-state index contributed by atoms with van der Waals surface area (Å²) in [5.74, 6) is 0. The fourth-order valence-electron chi connectivity index (χ4n) is 2.29. The lowest BCUT2D eigenvalue weighted by Gasteiger charge is -2.24. The van der Waals surface area contributed by atoms with E-state index in [1.165, 1.54) is 4.41 Å². The van der Waals surface area contributed by atoms with Gasteiger partial charge in [0.15, 0.2) is 0 Å². The van der Waals surface area contributed by atoms with Crippen LogP contribution in [-0.4, -0.2) is 34.9 Å². The van der Waals surface area contributed by atoms with Gasteiger partial charge in [-0.15, -0.1) is 0 Å². The van der Waals surface area contributed by atoms with Crippen LogP contribution < -0.4 is 0 Å². The molecule has 1 unspecified atom stereocenters. The molecule has 2 rings (SSSR count). The molecule has 0 spiro atoms. The van der Waals surface area contributed by atoms with Crippen molar-refractivity contribution in [3.63, 3.8) is 0 Å². The highest BCUT2D eigenvalue weighted by atomic mass is 32.2. The average Bonchev–Trinajstić information content (AvgIpc) is 2.93. The van der Waals surface area contributed by atoms with Crippen LogP contribution in [0, 0.1) is 0 Å². The molecule has 0 saturated heterocycles. The van der Waals surface area contributed by atoms with Crippen LogP contribution in [-0.2, 0) is 22.5 Å². The Hall–Kier alpha value is -1.37. The minimum Gasteiger partial charge on any atom is -0.274 e. The molecule has 0 saturated carbocycles. The quantitative estimate of drug-likeness (QED) is 0.855. The Kier molecular flexibility index (Phi) is 3.66. The van der Waals surface area contributed by atoms with E-state index in [-0.39, 0.29) is 16.4 Å². The summed E-state index contributed by atoms with van der Waals surface area (Å²) in [4.78, 5) is 0.255. The third-order valence-electron chi connectivity index (χ3n) is 3.39. The molecular formula is C13H22N4O2S. The van der Waals surface area contributed by atoms with Crippen LogP contribution in [0.5, 0.6) is 0 Å². The van der Waals surface area contributed by atoms with Crippen LogP contribution >= 0.6 is 0 Å². The Morgan fingerprint density at radius 2 is 2.05 bits per heavy atom. The topological polar surface area (TPSA) is 67.6 Å². The number of aromatic nitrogens is 2. The molecule has 0 bridgehead atoms. The molecule has 6 nitrogen and oxygen atoms in total. The number of hydrogen-bond acceptors (Lipinski definition) is 4. The second kappa shape index (κ2) is 4.87. The molecule has 0 fully saturated rings. The summed E-state index contributed by atoms with van der Waals surface area (Å²) in [5, 5.41) is 8.38. The summed E-state index contributed by atoms with van der Waals surface area (Å²) in [7, 11) is -1.91. The number of aryl methyl sites for hydroxylation is 1. The van der Waals surface area contributed by atoms with Gasteiger partial charge in [-0.3, -0.25) is 4.68 Å². The second-order valence-electron chi connectivity index (χ2n) is 6.14. The van der Waals surface area contributed by atoms with E-state index in [0.29, 0.717) is 12.1 Å². The number of nitrogens with zero attached hydrogens (tertiary/aromatic N) is 4. The van der Waals surface area contributed by atoms with Crippen LogP contribution in [0.4, 0.5) is 0 Å². The Labute approximate surface area is 120 Å². The minimum atomic E-state index is -3.64. The monoisotopic (exact) mass is 298 g/mol. The van der Waals surface area contributed by atoms with Crippen molar-refractivity contribution in [1.29, 1.82) is 0 Å². The summed E-state index contributed by atoms with van der Waals surface area (Å²) < 4.78 is 28.5. The van der Waals surface area contributed by atoms with E-state index < -0.39 is 10.0 Å². The molecule has 0 aliphatic carbocycles. The molecule has 2 heterocycles. The van der Waals surface area contributed by atoms with Gasteiger partial charge in [-0.1, -0.05) is 27.7 Å². The molecule has 112 valence electrons. The van der Waals surface area contributed by atoms with Crippen LogP contribution in [0.2, 0.25) is 0 Å². The molecule has 0 radical (unpaired) electrons. The van der Waals surface area contributed by atoms with Crippen LogP contribution in [0.15, 0.2) is 16.2 Å². The molecule has 1 aromatic rings. The maximum atomic E-state index is 12.8. The summed E-state index contributed by atoms with van der Waals surface area (Å²) in [5.41, 5.74) is 0.242. The first-order valence-electron chi connectivity index (χ1n) is 6.79. The number of hydrogen-bond donors (Lipinski definition) is 0. The van der Waals surface area contributed by atoms with Crippen LogP contribution in [0.25, 0.3) is 0 Å². The van der Waals surface area contributed by atoms with Gasteiger partial charge in [-0.25, -0.2) is 0 Å². The van der Waals surface area contributed by atoms with E-state index in [2.05, 4.69) is 10.2 Å². The second-order valence-corrected chi connectivity index (χ2v) is 7.90. The summed E-state index contributed by atoms with van der Waals surface area (Å²) in [6, 6.07) is -0.0898. The van der Waals surface area contributed by atoms with Crippen molar-refractivity contribution in [3.8, 4) is 0 Å². The number of rotatable bonds is 3. The van der Waals surface area contributed by atoms with Crippen molar-refractivity contribution in [3.05, 3.63) is 11.9 Å². The zero-order chi connectivity index (χ0) is 15.1. The minimum absolute atomic E-state index is 0.0898. The molecule has 0 amide bonds. The van der Waals surface area contributed by atoms with Gasteiger partial charge in [-0.05, 0) is 6.42 Å². The molecule has 7 heteroatoms. The molecule has 20 heavy (non-hydrogen) atoms. The Morgan fingerprint density at radius 3 is 2.60 bits per heavy atom. The predicted molar refractivity (Wildman–Crippen MR) is 78.1 cm³/mol. The smallest absolute Gasteiger partial charge is 0.274 e.